The number of hydrogen-bond acceptors (Lipinski definition) is 7. The molecule has 9 nitrogen and oxygen atoms in total. The van der Waals surface area contributed by atoms with Gasteiger partial charge in [-0.25, -0.2) is 4.79 Å². The van der Waals surface area contributed by atoms with E-state index in [-0.39, 0.29) is 23.0 Å². The topological polar surface area (TPSA) is 112 Å². The molecule has 10 heteroatoms. The van der Waals surface area contributed by atoms with E-state index in [0.717, 1.165) is 37.3 Å². The summed E-state index contributed by atoms with van der Waals surface area (Å²) in [5.74, 6) is 0. The standard InChI is InChI=1S/C37H40N2O7Si/c1-36(2,3)47(29-15-7-5-8-16-29,30-17-9-6-10-18-30)45-25-37(4)33(44-24-26-19-20-27-13-11-12-14-28(27)23-26)32(41)34(46-37)38-22-21-31(40)39(43)35(38)42/h5-23,32-34,41,43H,24-25H2,1-4H3/t32?,33?,34-,37-/m0/s1. The van der Waals surface area contributed by atoms with Crippen molar-refractivity contribution in [1.82, 2.24) is 9.30 Å². The number of aliphatic hydroxyl groups excluding tert-OH is 1. The Morgan fingerprint density at radius 3 is 2.06 bits per heavy atom. The van der Waals surface area contributed by atoms with Crippen LogP contribution in [-0.2, 0) is 20.5 Å². The van der Waals surface area contributed by atoms with Crippen LogP contribution in [0.2, 0.25) is 5.04 Å². The van der Waals surface area contributed by atoms with E-state index in [1.54, 1.807) is 6.92 Å². The maximum atomic E-state index is 13.0. The molecule has 1 aromatic heterocycles. The fourth-order valence-electron chi connectivity index (χ4n) is 6.74. The molecule has 0 radical (unpaired) electrons. The van der Waals surface area contributed by atoms with Crippen molar-refractivity contribution in [3.63, 3.8) is 0 Å². The Labute approximate surface area is 274 Å². The summed E-state index contributed by atoms with van der Waals surface area (Å²) in [5, 5.41) is 25.9. The van der Waals surface area contributed by atoms with Crippen LogP contribution in [0.1, 0.15) is 39.5 Å². The monoisotopic (exact) mass is 652 g/mol. The first-order valence-electron chi connectivity index (χ1n) is 15.7. The molecule has 244 valence electrons. The van der Waals surface area contributed by atoms with Gasteiger partial charge in [0.05, 0.1) is 13.2 Å². The van der Waals surface area contributed by atoms with E-state index in [9.17, 15) is 19.9 Å². The molecule has 5 aromatic rings. The van der Waals surface area contributed by atoms with Crippen LogP contribution in [0.3, 0.4) is 0 Å². The number of fused-ring (bicyclic) bond motifs is 1. The van der Waals surface area contributed by atoms with E-state index in [2.05, 4.69) is 45.0 Å². The maximum Gasteiger partial charge on any atom is 0.366 e. The van der Waals surface area contributed by atoms with Gasteiger partial charge in [0.15, 0.2) is 6.23 Å². The van der Waals surface area contributed by atoms with Crippen LogP contribution in [0, 0.1) is 0 Å². The molecule has 0 amide bonds. The Morgan fingerprint density at radius 2 is 1.45 bits per heavy atom. The van der Waals surface area contributed by atoms with Gasteiger partial charge < -0.3 is 24.2 Å². The molecule has 0 spiro atoms. The summed E-state index contributed by atoms with van der Waals surface area (Å²) in [6.07, 6.45) is -2.36. The fourth-order valence-corrected chi connectivity index (χ4v) is 11.4. The smallest absolute Gasteiger partial charge is 0.366 e. The number of benzene rings is 4. The predicted molar refractivity (Wildman–Crippen MR) is 183 cm³/mol. The minimum absolute atomic E-state index is 0.00443. The first-order chi connectivity index (χ1) is 22.4. The highest BCUT2D eigenvalue weighted by molar-refractivity contribution is 6.99. The average molecular weight is 653 g/mol. The van der Waals surface area contributed by atoms with Crippen molar-refractivity contribution in [2.75, 3.05) is 6.61 Å². The van der Waals surface area contributed by atoms with E-state index in [1.807, 2.05) is 78.9 Å². The molecule has 47 heavy (non-hydrogen) atoms. The summed E-state index contributed by atoms with van der Waals surface area (Å²) < 4.78 is 21.3. The summed E-state index contributed by atoms with van der Waals surface area (Å²) in [4.78, 5) is 24.9. The van der Waals surface area contributed by atoms with Crippen LogP contribution in [0.4, 0.5) is 0 Å². The number of ether oxygens (including phenoxy) is 2. The Hall–Kier alpha value is -4.32. The van der Waals surface area contributed by atoms with Crippen molar-refractivity contribution in [1.29, 1.82) is 0 Å². The molecule has 2 unspecified atom stereocenters. The van der Waals surface area contributed by atoms with Crippen LogP contribution < -0.4 is 21.6 Å². The van der Waals surface area contributed by atoms with Crippen LogP contribution in [-0.4, -0.2) is 52.3 Å². The third-order valence-electron chi connectivity index (χ3n) is 9.09. The van der Waals surface area contributed by atoms with Crippen LogP contribution in [0.15, 0.2) is 125 Å². The number of rotatable bonds is 9. The lowest BCUT2D eigenvalue weighted by Crippen LogP contribution is -2.68. The molecule has 4 atom stereocenters. The Balaban J connectivity index is 1.40. The molecule has 1 fully saturated rings. The van der Waals surface area contributed by atoms with Crippen LogP contribution >= 0.6 is 0 Å². The summed E-state index contributed by atoms with van der Waals surface area (Å²) in [5.41, 5.74) is -2.28. The first kappa shape index (κ1) is 32.6. The number of aromatic nitrogens is 2. The Bertz CT molecular complexity index is 1930. The molecule has 1 aliphatic heterocycles. The quantitative estimate of drug-likeness (QED) is 0.181. The molecule has 0 saturated carbocycles. The summed E-state index contributed by atoms with van der Waals surface area (Å²) in [7, 11) is -3.03. The fraction of sp³-hybridized carbons (Fsp3) is 0.297. The van der Waals surface area contributed by atoms with E-state index in [0.29, 0.717) is 0 Å². The third kappa shape index (κ3) is 5.99. The van der Waals surface area contributed by atoms with Gasteiger partial charge in [0.25, 0.3) is 13.9 Å². The first-order valence-corrected chi connectivity index (χ1v) is 17.6. The van der Waals surface area contributed by atoms with Gasteiger partial charge in [0, 0.05) is 12.3 Å². The molecule has 1 saturated heterocycles. The van der Waals surface area contributed by atoms with E-state index >= 15 is 0 Å². The zero-order valence-electron chi connectivity index (χ0n) is 26.9. The molecule has 2 N–H and O–H groups in total. The summed E-state index contributed by atoms with van der Waals surface area (Å²) in [6.45, 7) is 8.50. The van der Waals surface area contributed by atoms with E-state index in [4.69, 9.17) is 13.9 Å². The lowest BCUT2D eigenvalue weighted by atomic mass is 9.98. The van der Waals surface area contributed by atoms with Gasteiger partial charge >= 0.3 is 5.69 Å². The largest absolute Gasteiger partial charge is 0.421 e. The summed E-state index contributed by atoms with van der Waals surface area (Å²) >= 11 is 0. The highest BCUT2D eigenvalue weighted by Crippen LogP contribution is 2.42. The number of nitrogens with zero attached hydrogens (tertiary/aromatic N) is 2. The second-order valence-electron chi connectivity index (χ2n) is 13.3. The predicted octanol–water partition coefficient (Wildman–Crippen LogP) is 4.21. The van der Waals surface area contributed by atoms with Crippen molar-refractivity contribution in [3.8, 4) is 0 Å². The Kier molecular flexibility index (Phi) is 8.81. The van der Waals surface area contributed by atoms with Gasteiger partial charge in [0.2, 0.25) is 0 Å². The molecular weight excluding hydrogens is 613 g/mol. The molecular formula is C37H40N2O7Si. The molecule has 2 heterocycles. The third-order valence-corrected chi connectivity index (χ3v) is 14.1. The van der Waals surface area contributed by atoms with Gasteiger partial charge in [-0.05, 0) is 44.7 Å². The van der Waals surface area contributed by atoms with Crippen molar-refractivity contribution < 1.29 is 24.2 Å². The molecule has 1 aliphatic rings. The minimum atomic E-state index is -3.03. The van der Waals surface area contributed by atoms with Gasteiger partial charge in [-0.3, -0.25) is 9.36 Å². The van der Waals surface area contributed by atoms with Crippen molar-refractivity contribution in [2.45, 2.75) is 63.4 Å². The van der Waals surface area contributed by atoms with Crippen molar-refractivity contribution in [3.05, 3.63) is 142 Å². The van der Waals surface area contributed by atoms with Crippen LogP contribution in [0.25, 0.3) is 10.8 Å². The average Bonchev–Trinajstić information content (AvgIpc) is 3.32. The van der Waals surface area contributed by atoms with Crippen LogP contribution in [0.5, 0.6) is 0 Å². The maximum absolute atomic E-state index is 13.0. The minimum Gasteiger partial charge on any atom is -0.421 e. The lowest BCUT2D eigenvalue weighted by molar-refractivity contribution is -0.130. The number of aliphatic hydroxyl groups is 1. The highest BCUT2D eigenvalue weighted by Gasteiger charge is 2.57. The van der Waals surface area contributed by atoms with Gasteiger partial charge in [-0.2, -0.15) is 0 Å². The normalized spacial score (nSPS) is 21.7. The zero-order valence-corrected chi connectivity index (χ0v) is 27.9. The lowest BCUT2D eigenvalue weighted by Gasteiger charge is -2.45. The molecule has 4 aromatic carbocycles. The van der Waals surface area contributed by atoms with E-state index < -0.39 is 43.6 Å². The van der Waals surface area contributed by atoms with Gasteiger partial charge in [-0.1, -0.05) is 123 Å². The number of hydrogen-bond donors (Lipinski definition) is 2. The molecule has 0 aliphatic carbocycles. The van der Waals surface area contributed by atoms with Gasteiger partial charge in [-0.15, -0.1) is 0 Å². The van der Waals surface area contributed by atoms with E-state index in [1.165, 1.54) is 6.20 Å². The molecule has 0 bridgehead atoms. The Morgan fingerprint density at radius 1 is 0.851 bits per heavy atom. The second kappa shape index (κ2) is 12.7. The zero-order chi connectivity index (χ0) is 33.4. The second-order valence-corrected chi connectivity index (χ2v) is 17.6. The highest BCUT2D eigenvalue weighted by atomic mass is 28.4. The van der Waals surface area contributed by atoms with Crippen molar-refractivity contribution in [2.24, 2.45) is 0 Å². The SMILES string of the molecule is CC(C)(C)[Si](OC[C@]1(C)O[C@H](n2ccc(=O)n(O)c2=O)C(O)C1OCc1ccc2ccccc2c1)(c1ccccc1)c1ccccc1. The molecule has 6 rings (SSSR count). The van der Waals surface area contributed by atoms with Gasteiger partial charge in [0.1, 0.15) is 17.8 Å². The summed E-state index contributed by atoms with van der Waals surface area (Å²) in [6, 6.07) is 35.5. The van der Waals surface area contributed by atoms with Crippen molar-refractivity contribution >= 4 is 29.5 Å².